The van der Waals surface area contributed by atoms with Crippen LogP contribution in [-0.4, -0.2) is 36.4 Å². The van der Waals surface area contributed by atoms with Crippen LogP contribution in [-0.2, 0) is 9.84 Å². The molecule has 0 spiro atoms. The Kier molecular flexibility index (Phi) is 5.43. The molecule has 0 unspecified atom stereocenters. The molecule has 8 nitrogen and oxygen atoms in total. The summed E-state index contributed by atoms with van der Waals surface area (Å²) in [6.45, 7) is 0. The minimum atomic E-state index is -4.05. The summed E-state index contributed by atoms with van der Waals surface area (Å²) in [5.74, 6) is 0.444. The molecule has 0 aliphatic heterocycles. The molecule has 0 fully saturated rings. The van der Waals surface area contributed by atoms with E-state index in [0.717, 1.165) is 5.56 Å². The molecule has 0 aliphatic rings. The predicted octanol–water partition coefficient (Wildman–Crippen LogP) is 4.54. The van der Waals surface area contributed by atoms with Crippen LogP contribution in [0.1, 0.15) is 5.56 Å². The van der Waals surface area contributed by atoms with Gasteiger partial charge in [-0.1, -0.05) is 35.9 Å². The smallest absolute Gasteiger partial charge is 0.212 e. The fourth-order valence-electron chi connectivity index (χ4n) is 3.55. The number of nitrogens with zero attached hydrogens (tertiary/aromatic N) is 4. The van der Waals surface area contributed by atoms with Crippen LogP contribution in [0.3, 0.4) is 0 Å². The average Bonchev–Trinajstić information content (AvgIpc) is 3.12. The summed E-state index contributed by atoms with van der Waals surface area (Å²) in [5, 5.41) is 5.02. The zero-order valence-corrected chi connectivity index (χ0v) is 19.5. The third kappa shape index (κ3) is 3.74. The van der Waals surface area contributed by atoms with Crippen molar-refractivity contribution in [2.75, 3.05) is 12.8 Å². The van der Waals surface area contributed by atoms with Crippen molar-refractivity contribution >= 4 is 55.7 Å². The number of sulfone groups is 1. The number of methoxy groups -OCH3 is 1. The number of aromatic nitrogens is 3. The van der Waals surface area contributed by atoms with Gasteiger partial charge in [0, 0.05) is 5.02 Å². The molecule has 3 aromatic carbocycles. The van der Waals surface area contributed by atoms with Crippen LogP contribution < -0.4 is 10.5 Å². The summed E-state index contributed by atoms with van der Waals surface area (Å²) in [6.07, 6.45) is 1.55. The Morgan fingerprint density at radius 1 is 0.971 bits per heavy atom. The van der Waals surface area contributed by atoms with E-state index < -0.39 is 9.84 Å². The molecule has 34 heavy (non-hydrogen) atoms. The number of nitrogen functional groups attached to an aromatic ring is 1. The van der Waals surface area contributed by atoms with Gasteiger partial charge in [-0.15, -0.1) is 0 Å². The Labute approximate surface area is 200 Å². The van der Waals surface area contributed by atoms with Gasteiger partial charge in [0.05, 0.1) is 29.3 Å². The highest BCUT2D eigenvalue weighted by Crippen LogP contribution is 2.35. The second kappa shape index (κ2) is 8.44. The van der Waals surface area contributed by atoms with Crippen LogP contribution in [0.2, 0.25) is 5.02 Å². The zero-order valence-electron chi connectivity index (χ0n) is 17.9. The molecule has 2 N–H and O–H groups in total. The molecule has 0 bridgehead atoms. The van der Waals surface area contributed by atoms with E-state index in [2.05, 4.69) is 15.1 Å². The number of benzene rings is 3. The van der Waals surface area contributed by atoms with Crippen LogP contribution in [0.15, 0.2) is 87.7 Å². The molecule has 5 aromatic rings. The van der Waals surface area contributed by atoms with E-state index >= 15 is 0 Å². The van der Waals surface area contributed by atoms with E-state index in [1.54, 1.807) is 60.8 Å². The fourth-order valence-corrected chi connectivity index (χ4v) is 5.16. The molecule has 0 atom stereocenters. The van der Waals surface area contributed by atoms with Gasteiger partial charge in [-0.25, -0.2) is 18.4 Å². The molecule has 0 saturated carbocycles. The lowest BCUT2D eigenvalue weighted by Crippen LogP contribution is -2.06. The van der Waals surface area contributed by atoms with Crippen LogP contribution in [0, 0.1) is 0 Å². The van der Waals surface area contributed by atoms with Crippen molar-refractivity contribution in [1.82, 2.24) is 14.6 Å². The van der Waals surface area contributed by atoms with E-state index in [9.17, 15) is 8.42 Å². The lowest BCUT2D eigenvalue weighted by atomic mass is 10.2. The van der Waals surface area contributed by atoms with Crippen molar-refractivity contribution in [2.24, 2.45) is 5.10 Å². The molecule has 5 rings (SSSR count). The number of hydrogen-bond acceptors (Lipinski definition) is 7. The summed E-state index contributed by atoms with van der Waals surface area (Å²) < 4.78 is 33.8. The first-order valence-corrected chi connectivity index (χ1v) is 12.0. The van der Waals surface area contributed by atoms with Gasteiger partial charge in [-0.3, -0.25) is 0 Å². The summed E-state index contributed by atoms with van der Waals surface area (Å²) in [4.78, 5) is 9.11. The maximum atomic E-state index is 13.7. The number of fused-ring (bicyclic) bond motifs is 2. The minimum Gasteiger partial charge on any atom is -0.497 e. The Hall–Kier alpha value is -3.95. The topological polar surface area (TPSA) is 112 Å². The van der Waals surface area contributed by atoms with Gasteiger partial charge in [0.2, 0.25) is 9.84 Å². The molecular formula is C24H18ClN5O3S. The molecule has 2 aromatic heterocycles. The van der Waals surface area contributed by atoms with Gasteiger partial charge in [0.15, 0.2) is 5.65 Å². The molecule has 0 radical (unpaired) electrons. The highest BCUT2D eigenvalue weighted by molar-refractivity contribution is 7.92. The lowest BCUT2D eigenvalue weighted by molar-refractivity contribution is 0.414. The Morgan fingerprint density at radius 2 is 1.62 bits per heavy atom. The number of nitrogens with two attached hydrogens (primary N) is 1. The normalized spacial score (nSPS) is 12.1. The second-order valence-electron chi connectivity index (χ2n) is 7.39. The standard InChI is InChI=1S/C24H18ClN5O3S/c1-33-17-10-12-18(13-11-17)34(31,32)22-21-24(29-20-5-3-2-4-19(20)28-21)30(23(22)26)27-14-15-6-8-16(25)9-7-15/h2-14H,26H2,1H3. The monoisotopic (exact) mass is 491 g/mol. The number of hydrogen-bond donors (Lipinski definition) is 1. The Bertz CT molecular complexity index is 1660. The molecule has 0 aliphatic carbocycles. The first-order valence-electron chi connectivity index (χ1n) is 10.1. The number of ether oxygens (including phenoxy) is 1. The number of para-hydroxylation sites is 2. The van der Waals surface area contributed by atoms with Gasteiger partial charge in [0.1, 0.15) is 22.0 Å². The number of halogens is 1. The van der Waals surface area contributed by atoms with Crippen molar-refractivity contribution in [3.8, 4) is 5.75 Å². The van der Waals surface area contributed by atoms with E-state index in [1.807, 2.05) is 6.07 Å². The third-order valence-corrected chi connectivity index (χ3v) is 7.34. The maximum absolute atomic E-state index is 13.7. The van der Waals surface area contributed by atoms with Gasteiger partial charge < -0.3 is 10.5 Å². The van der Waals surface area contributed by atoms with Crippen molar-refractivity contribution < 1.29 is 13.2 Å². The van der Waals surface area contributed by atoms with Gasteiger partial charge >= 0.3 is 0 Å². The predicted molar refractivity (Wildman–Crippen MR) is 132 cm³/mol. The summed E-state index contributed by atoms with van der Waals surface area (Å²) >= 11 is 5.96. The fraction of sp³-hybridized carbons (Fsp3) is 0.0417. The van der Waals surface area contributed by atoms with Crippen molar-refractivity contribution in [1.29, 1.82) is 0 Å². The van der Waals surface area contributed by atoms with E-state index in [-0.39, 0.29) is 26.8 Å². The summed E-state index contributed by atoms with van der Waals surface area (Å²) in [7, 11) is -2.54. The van der Waals surface area contributed by atoms with Gasteiger partial charge in [-0.2, -0.15) is 9.78 Å². The largest absolute Gasteiger partial charge is 0.497 e. The summed E-state index contributed by atoms with van der Waals surface area (Å²) in [6, 6.07) is 20.3. The van der Waals surface area contributed by atoms with E-state index in [4.69, 9.17) is 22.1 Å². The first kappa shape index (κ1) is 21.9. The van der Waals surface area contributed by atoms with Crippen molar-refractivity contribution in [3.05, 3.63) is 83.4 Å². The highest BCUT2D eigenvalue weighted by Gasteiger charge is 2.30. The first-order chi connectivity index (χ1) is 16.4. The average molecular weight is 492 g/mol. The Balaban J connectivity index is 1.76. The third-order valence-electron chi connectivity index (χ3n) is 5.26. The van der Waals surface area contributed by atoms with Crippen LogP contribution in [0.4, 0.5) is 5.82 Å². The molecular weight excluding hydrogens is 474 g/mol. The van der Waals surface area contributed by atoms with Crippen LogP contribution >= 0.6 is 11.6 Å². The van der Waals surface area contributed by atoms with Crippen LogP contribution in [0.5, 0.6) is 5.75 Å². The van der Waals surface area contributed by atoms with Crippen molar-refractivity contribution in [3.63, 3.8) is 0 Å². The lowest BCUT2D eigenvalue weighted by Gasteiger charge is -2.06. The van der Waals surface area contributed by atoms with E-state index in [0.29, 0.717) is 21.8 Å². The Morgan fingerprint density at radius 3 is 2.26 bits per heavy atom. The quantitative estimate of drug-likeness (QED) is 0.361. The van der Waals surface area contributed by atoms with Gasteiger partial charge in [-0.05, 0) is 54.1 Å². The SMILES string of the molecule is COc1ccc(S(=O)(=O)c2c(N)n(N=Cc3ccc(Cl)cc3)c3nc4ccccc4nc23)cc1. The molecule has 10 heteroatoms. The second-order valence-corrected chi connectivity index (χ2v) is 9.71. The number of rotatable bonds is 5. The van der Waals surface area contributed by atoms with E-state index in [1.165, 1.54) is 23.9 Å². The van der Waals surface area contributed by atoms with Crippen molar-refractivity contribution in [2.45, 2.75) is 9.79 Å². The van der Waals surface area contributed by atoms with Crippen LogP contribution in [0.25, 0.3) is 22.2 Å². The number of anilines is 1. The molecule has 0 amide bonds. The molecule has 170 valence electrons. The maximum Gasteiger partial charge on any atom is 0.212 e. The highest BCUT2D eigenvalue weighted by atomic mass is 35.5. The molecule has 0 saturated heterocycles. The van der Waals surface area contributed by atoms with Gasteiger partial charge in [0.25, 0.3) is 0 Å². The zero-order chi connectivity index (χ0) is 23.9. The molecule has 2 heterocycles. The summed E-state index contributed by atoms with van der Waals surface area (Å²) in [5.41, 5.74) is 8.64. The minimum absolute atomic E-state index is 0.0516.